The van der Waals surface area contributed by atoms with Crippen molar-refractivity contribution >= 4 is 11.6 Å². The van der Waals surface area contributed by atoms with E-state index >= 15 is 0 Å². The van der Waals surface area contributed by atoms with Gasteiger partial charge in [0, 0.05) is 19.6 Å². The minimum Gasteiger partial charge on any atom is -0.384 e. The van der Waals surface area contributed by atoms with E-state index < -0.39 is 0 Å². The smallest absolute Gasteiger partial charge is 0.272 e. The molecule has 0 atom stereocenters. The quantitative estimate of drug-likeness (QED) is 0.852. The molecule has 1 N–H and O–H groups in total. The van der Waals surface area contributed by atoms with Gasteiger partial charge < -0.3 is 10.2 Å². The summed E-state index contributed by atoms with van der Waals surface area (Å²) in [5.41, 5.74) is 1.44. The van der Waals surface area contributed by atoms with Crippen molar-refractivity contribution in [3.05, 3.63) is 24.0 Å². The van der Waals surface area contributed by atoms with Gasteiger partial charge in [-0.3, -0.25) is 4.79 Å². The largest absolute Gasteiger partial charge is 0.384 e. The summed E-state index contributed by atoms with van der Waals surface area (Å²) >= 11 is 0. The van der Waals surface area contributed by atoms with Crippen LogP contribution in [0.3, 0.4) is 0 Å². The highest BCUT2D eigenvalue weighted by atomic mass is 16.2. The van der Waals surface area contributed by atoms with Crippen LogP contribution in [0, 0.1) is 0 Å². The Kier molecular flexibility index (Phi) is 4.94. The van der Waals surface area contributed by atoms with Crippen molar-refractivity contribution in [2.24, 2.45) is 0 Å². The summed E-state index contributed by atoms with van der Waals surface area (Å²) in [6.45, 7) is 6.99. The van der Waals surface area contributed by atoms with Crippen LogP contribution in [0.1, 0.15) is 37.7 Å². The number of carbonyl (C=O) groups is 1. The summed E-state index contributed by atoms with van der Waals surface area (Å²) in [5, 5.41) is 3.23. The fourth-order valence-corrected chi connectivity index (χ4v) is 1.31. The third kappa shape index (κ3) is 3.73. The maximum atomic E-state index is 12.0. The third-order valence-corrected chi connectivity index (χ3v) is 2.66. The average molecular weight is 235 g/mol. The van der Waals surface area contributed by atoms with Crippen LogP contribution in [0.5, 0.6) is 0 Å². The molecule has 0 unspecified atom stereocenters. The van der Waals surface area contributed by atoms with Gasteiger partial charge in [-0.15, -0.1) is 0 Å². The van der Waals surface area contributed by atoms with Crippen LogP contribution in [-0.4, -0.2) is 35.4 Å². The fourth-order valence-electron chi connectivity index (χ4n) is 1.31. The van der Waals surface area contributed by atoms with Gasteiger partial charge in [0.1, 0.15) is 5.69 Å². The molecule has 1 aromatic heterocycles. The maximum absolute atomic E-state index is 12.0. The Morgan fingerprint density at radius 2 is 2.18 bits per heavy atom. The van der Waals surface area contributed by atoms with Crippen LogP contribution in [0.2, 0.25) is 0 Å². The standard InChI is InChI=1S/C13H21N3O/c1-5-8-14-11-6-7-12(15-9-11)13(17)16(4)10(2)3/h6-7,9-10,14H,5,8H2,1-4H3. The Labute approximate surface area is 103 Å². The molecule has 4 nitrogen and oxygen atoms in total. The summed E-state index contributed by atoms with van der Waals surface area (Å²) in [4.78, 5) is 17.8. The van der Waals surface area contributed by atoms with Crippen molar-refractivity contribution in [3.63, 3.8) is 0 Å². The van der Waals surface area contributed by atoms with E-state index in [1.165, 1.54) is 0 Å². The van der Waals surface area contributed by atoms with Gasteiger partial charge in [-0.05, 0) is 32.4 Å². The molecule has 0 spiro atoms. The highest BCUT2D eigenvalue weighted by Crippen LogP contribution is 2.09. The molecule has 0 aliphatic carbocycles. The minimum atomic E-state index is -0.0398. The first kappa shape index (κ1) is 13.5. The minimum absolute atomic E-state index is 0.0398. The highest BCUT2D eigenvalue weighted by molar-refractivity contribution is 5.92. The number of carbonyl (C=O) groups excluding carboxylic acids is 1. The van der Waals surface area contributed by atoms with E-state index in [0.717, 1.165) is 18.7 Å². The lowest BCUT2D eigenvalue weighted by Crippen LogP contribution is -2.33. The molecule has 0 saturated carbocycles. The Bertz CT molecular complexity index is 359. The third-order valence-electron chi connectivity index (χ3n) is 2.66. The van der Waals surface area contributed by atoms with Crippen LogP contribution in [0.4, 0.5) is 5.69 Å². The van der Waals surface area contributed by atoms with Gasteiger partial charge in [0.05, 0.1) is 11.9 Å². The molecular weight excluding hydrogens is 214 g/mol. The van der Waals surface area contributed by atoms with E-state index in [1.807, 2.05) is 19.9 Å². The Hall–Kier alpha value is -1.58. The van der Waals surface area contributed by atoms with E-state index in [1.54, 1.807) is 24.2 Å². The zero-order chi connectivity index (χ0) is 12.8. The molecule has 0 fully saturated rings. The Morgan fingerprint density at radius 1 is 1.47 bits per heavy atom. The number of anilines is 1. The molecule has 0 radical (unpaired) electrons. The second-order valence-electron chi connectivity index (χ2n) is 4.37. The molecule has 0 bridgehead atoms. The zero-order valence-corrected chi connectivity index (χ0v) is 11.0. The summed E-state index contributed by atoms with van der Waals surface area (Å²) in [5.74, 6) is -0.0398. The number of aromatic nitrogens is 1. The molecule has 94 valence electrons. The number of amides is 1. The van der Waals surface area contributed by atoms with Crippen molar-refractivity contribution in [1.29, 1.82) is 0 Å². The first-order valence-corrected chi connectivity index (χ1v) is 6.03. The van der Waals surface area contributed by atoms with E-state index in [2.05, 4.69) is 17.2 Å². The van der Waals surface area contributed by atoms with E-state index in [4.69, 9.17) is 0 Å². The summed E-state index contributed by atoms with van der Waals surface area (Å²) < 4.78 is 0. The number of rotatable bonds is 5. The molecule has 1 aromatic rings. The molecular formula is C13H21N3O. The average Bonchev–Trinajstić information content (AvgIpc) is 2.35. The van der Waals surface area contributed by atoms with E-state index in [-0.39, 0.29) is 11.9 Å². The second-order valence-corrected chi connectivity index (χ2v) is 4.37. The molecule has 17 heavy (non-hydrogen) atoms. The molecule has 0 saturated heterocycles. The monoisotopic (exact) mass is 235 g/mol. The van der Waals surface area contributed by atoms with Gasteiger partial charge in [-0.2, -0.15) is 0 Å². The van der Waals surface area contributed by atoms with Crippen molar-refractivity contribution in [2.45, 2.75) is 33.2 Å². The normalized spacial score (nSPS) is 10.4. The van der Waals surface area contributed by atoms with Crippen molar-refractivity contribution < 1.29 is 4.79 Å². The van der Waals surface area contributed by atoms with Gasteiger partial charge in [0.2, 0.25) is 0 Å². The molecule has 0 aliphatic heterocycles. The van der Waals surface area contributed by atoms with E-state index in [0.29, 0.717) is 5.69 Å². The first-order valence-electron chi connectivity index (χ1n) is 6.03. The lowest BCUT2D eigenvalue weighted by molar-refractivity contribution is 0.0749. The number of nitrogens with zero attached hydrogens (tertiary/aromatic N) is 2. The summed E-state index contributed by atoms with van der Waals surface area (Å²) in [7, 11) is 1.79. The number of hydrogen-bond acceptors (Lipinski definition) is 3. The molecule has 1 amide bonds. The van der Waals surface area contributed by atoms with E-state index in [9.17, 15) is 4.79 Å². The summed E-state index contributed by atoms with van der Waals surface area (Å²) in [6, 6.07) is 3.84. The van der Waals surface area contributed by atoms with Crippen LogP contribution in [-0.2, 0) is 0 Å². The predicted octanol–water partition coefficient (Wildman–Crippen LogP) is 2.38. The van der Waals surface area contributed by atoms with Crippen LogP contribution < -0.4 is 5.32 Å². The summed E-state index contributed by atoms with van der Waals surface area (Å²) in [6.07, 6.45) is 2.77. The lowest BCUT2D eigenvalue weighted by atomic mass is 10.2. The highest BCUT2D eigenvalue weighted by Gasteiger charge is 2.15. The second kappa shape index (κ2) is 6.23. The van der Waals surface area contributed by atoms with Crippen LogP contribution in [0.25, 0.3) is 0 Å². The zero-order valence-electron chi connectivity index (χ0n) is 11.0. The topological polar surface area (TPSA) is 45.2 Å². The molecule has 4 heteroatoms. The van der Waals surface area contributed by atoms with Gasteiger partial charge >= 0.3 is 0 Å². The molecule has 0 aromatic carbocycles. The predicted molar refractivity (Wildman–Crippen MR) is 70.2 cm³/mol. The Balaban J connectivity index is 2.70. The maximum Gasteiger partial charge on any atom is 0.272 e. The Morgan fingerprint density at radius 3 is 2.65 bits per heavy atom. The molecule has 1 heterocycles. The first-order chi connectivity index (χ1) is 8.06. The van der Waals surface area contributed by atoms with Crippen molar-refractivity contribution in [2.75, 3.05) is 18.9 Å². The van der Waals surface area contributed by atoms with Gasteiger partial charge in [-0.25, -0.2) is 4.98 Å². The molecule has 0 aliphatic rings. The van der Waals surface area contributed by atoms with Crippen LogP contribution >= 0.6 is 0 Å². The van der Waals surface area contributed by atoms with Gasteiger partial charge in [0.25, 0.3) is 5.91 Å². The van der Waals surface area contributed by atoms with Gasteiger partial charge in [0.15, 0.2) is 0 Å². The molecule has 1 rings (SSSR count). The number of hydrogen-bond donors (Lipinski definition) is 1. The number of nitrogens with one attached hydrogen (secondary N) is 1. The SMILES string of the molecule is CCCNc1ccc(C(=O)N(C)C(C)C)nc1. The van der Waals surface area contributed by atoms with Crippen molar-refractivity contribution in [1.82, 2.24) is 9.88 Å². The van der Waals surface area contributed by atoms with Crippen molar-refractivity contribution in [3.8, 4) is 0 Å². The van der Waals surface area contributed by atoms with Gasteiger partial charge in [-0.1, -0.05) is 6.92 Å². The fraction of sp³-hybridized carbons (Fsp3) is 0.538. The lowest BCUT2D eigenvalue weighted by Gasteiger charge is -2.20. The number of pyridine rings is 1. The van der Waals surface area contributed by atoms with Crippen LogP contribution in [0.15, 0.2) is 18.3 Å².